The van der Waals surface area contributed by atoms with Crippen LogP contribution in [0.1, 0.15) is 21.7 Å². The van der Waals surface area contributed by atoms with E-state index in [2.05, 4.69) is 15.5 Å². The van der Waals surface area contributed by atoms with Gasteiger partial charge in [-0.3, -0.25) is 10.1 Å². The maximum atomic E-state index is 13.1. The summed E-state index contributed by atoms with van der Waals surface area (Å²) in [5.41, 5.74) is 1.65. The Morgan fingerprint density at radius 2 is 1.78 bits per heavy atom. The second-order valence-electron chi connectivity index (χ2n) is 7.82. The predicted molar refractivity (Wildman–Crippen MR) is 137 cm³/mol. The Kier molecular flexibility index (Phi) is 7.71. The third-order valence-corrected chi connectivity index (χ3v) is 7.14. The molecule has 4 aromatic rings. The number of aryl methyl sites for hydroxylation is 1. The fourth-order valence-corrected chi connectivity index (χ4v) is 4.89. The number of hydrogen-bond acceptors (Lipinski definition) is 8. The van der Waals surface area contributed by atoms with Crippen LogP contribution >= 0.6 is 11.3 Å². The fraction of sp³-hybridized carbons (Fsp3) is 0.0769. The molecular formula is C26H19FN4O4S2. The zero-order valence-corrected chi connectivity index (χ0v) is 21.0. The van der Waals surface area contributed by atoms with Gasteiger partial charge < -0.3 is 4.18 Å². The Hall–Kier alpha value is -4.40. The number of rotatable bonds is 8. The highest BCUT2D eigenvalue weighted by molar-refractivity contribution is 7.87. The number of carbonyl (C=O) groups excluding carboxylic acids is 1. The van der Waals surface area contributed by atoms with E-state index < -0.39 is 16.0 Å². The highest BCUT2D eigenvalue weighted by Crippen LogP contribution is 2.26. The molecule has 37 heavy (non-hydrogen) atoms. The van der Waals surface area contributed by atoms with Gasteiger partial charge in [-0.2, -0.15) is 13.7 Å². The lowest BCUT2D eigenvalue weighted by molar-refractivity contribution is -0.112. The Balaban J connectivity index is 1.50. The zero-order valence-electron chi connectivity index (χ0n) is 19.4. The van der Waals surface area contributed by atoms with Crippen molar-refractivity contribution >= 4 is 38.6 Å². The molecule has 0 aliphatic rings. The number of amides is 1. The summed E-state index contributed by atoms with van der Waals surface area (Å²) in [6, 6.07) is 20.1. The number of halogens is 1. The maximum absolute atomic E-state index is 13.1. The van der Waals surface area contributed by atoms with E-state index in [4.69, 9.17) is 4.18 Å². The summed E-state index contributed by atoms with van der Waals surface area (Å²) in [7, 11) is -4.14. The van der Waals surface area contributed by atoms with Crippen molar-refractivity contribution in [1.82, 2.24) is 10.2 Å². The van der Waals surface area contributed by atoms with Crippen LogP contribution in [0.25, 0.3) is 6.08 Å². The Morgan fingerprint density at radius 1 is 1.08 bits per heavy atom. The van der Waals surface area contributed by atoms with Crippen LogP contribution in [0.4, 0.5) is 9.52 Å². The lowest BCUT2D eigenvalue weighted by Gasteiger charge is -2.10. The van der Waals surface area contributed by atoms with E-state index in [1.54, 1.807) is 36.4 Å². The first-order valence-electron chi connectivity index (χ1n) is 10.8. The van der Waals surface area contributed by atoms with E-state index in [-0.39, 0.29) is 32.7 Å². The molecule has 0 saturated heterocycles. The van der Waals surface area contributed by atoms with E-state index in [0.29, 0.717) is 11.4 Å². The van der Waals surface area contributed by atoms with Crippen LogP contribution in [-0.2, 0) is 21.3 Å². The molecule has 186 valence electrons. The maximum Gasteiger partial charge on any atom is 0.339 e. The van der Waals surface area contributed by atoms with E-state index in [1.807, 2.05) is 13.0 Å². The van der Waals surface area contributed by atoms with Gasteiger partial charge in [-0.15, -0.1) is 10.2 Å². The van der Waals surface area contributed by atoms with Crippen molar-refractivity contribution < 1.29 is 21.8 Å². The second-order valence-corrected chi connectivity index (χ2v) is 10.4. The Morgan fingerprint density at radius 3 is 2.49 bits per heavy atom. The van der Waals surface area contributed by atoms with Crippen LogP contribution in [0.3, 0.4) is 0 Å². The number of aromatic nitrogens is 2. The van der Waals surface area contributed by atoms with E-state index in [1.165, 1.54) is 42.5 Å². The van der Waals surface area contributed by atoms with Crippen LogP contribution in [-0.4, -0.2) is 24.5 Å². The number of nitrogens with one attached hydrogen (secondary N) is 1. The summed E-state index contributed by atoms with van der Waals surface area (Å²) >= 11 is 1.12. The van der Waals surface area contributed by atoms with Gasteiger partial charge in [-0.25, -0.2) is 4.39 Å². The molecule has 8 nitrogen and oxygen atoms in total. The molecule has 1 aromatic heterocycles. The molecule has 0 aliphatic heterocycles. The summed E-state index contributed by atoms with van der Waals surface area (Å²) in [5, 5.41) is 20.8. The van der Waals surface area contributed by atoms with Crippen molar-refractivity contribution in [1.29, 1.82) is 5.26 Å². The van der Waals surface area contributed by atoms with Gasteiger partial charge in [0.05, 0.1) is 0 Å². The molecule has 0 fully saturated rings. The van der Waals surface area contributed by atoms with E-state index in [9.17, 15) is 22.9 Å². The molecule has 11 heteroatoms. The Bertz CT molecular complexity index is 1610. The van der Waals surface area contributed by atoms with Gasteiger partial charge in [-0.05, 0) is 48.9 Å². The monoisotopic (exact) mass is 534 g/mol. The quantitative estimate of drug-likeness (QED) is 0.194. The van der Waals surface area contributed by atoms with Gasteiger partial charge >= 0.3 is 10.1 Å². The minimum atomic E-state index is -4.14. The van der Waals surface area contributed by atoms with Gasteiger partial charge in [-0.1, -0.05) is 59.4 Å². The number of anilines is 1. The smallest absolute Gasteiger partial charge is 0.339 e. The lowest BCUT2D eigenvalue weighted by atomic mass is 10.1. The number of nitriles is 1. The standard InChI is InChI=1S/C26H19FN4O4S2/c1-17-6-12-22(13-7-17)37(33,34)35-23-5-3-2-4-19(23)15-20(16-28)25(32)29-26-31-30-24(36-26)14-18-8-10-21(27)11-9-18/h2-13,15H,14H2,1H3,(H,29,31,32)/b20-15+. The lowest BCUT2D eigenvalue weighted by Crippen LogP contribution is -2.13. The molecule has 0 saturated carbocycles. The Labute approximate surface area is 216 Å². The summed E-state index contributed by atoms with van der Waals surface area (Å²) in [6.45, 7) is 1.83. The zero-order chi connectivity index (χ0) is 26.4. The van der Waals surface area contributed by atoms with E-state index in [0.717, 1.165) is 22.5 Å². The first-order valence-corrected chi connectivity index (χ1v) is 13.1. The molecule has 0 radical (unpaired) electrons. The summed E-state index contributed by atoms with van der Waals surface area (Å²) in [5.74, 6) is -1.13. The summed E-state index contributed by atoms with van der Waals surface area (Å²) in [4.78, 5) is 12.7. The van der Waals surface area contributed by atoms with Crippen LogP contribution in [0, 0.1) is 24.1 Å². The van der Waals surface area contributed by atoms with E-state index >= 15 is 0 Å². The van der Waals surface area contributed by atoms with Gasteiger partial charge in [0.1, 0.15) is 33.1 Å². The number of carbonyl (C=O) groups is 1. The highest BCUT2D eigenvalue weighted by Gasteiger charge is 2.19. The average Bonchev–Trinajstić information content (AvgIpc) is 3.31. The average molecular weight is 535 g/mol. The van der Waals surface area contributed by atoms with Crippen molar-refractivity contribution in [2.45, 2.75) is 18.2 Å². The van der Waals surface area contributed by atoms with Crippen molar-refractivity contribution in [2.24, 2.45) is 0 Å². The normalized spacial score (nSPS) is 11.5. The van der Waals surface area contributed by atoms with Crippen molar-refractivity contribution in [3.05, 3.63) is 106 Å². The minimum absolute atomic E-state index is 0.0251. The second kappa shape index (κ2) is 11.1. The predicted octanol–water partition coefficient (Wildman–Crippen LogP) is 4.89. The summed E-state index contributed by atoms with van der Waals surface area (Å²) < 4.78 is 43.9. The van der Waals surface area contributed by atoms with Crippen LogP contribution < -0.4 is 9.50 Å². The number of hydrogen-bond donors (Lipinski definition) is 1. The molecule has 0 spiro atoms. The van der Waals surface area contributed by atoms with Crippen LogP contribution in [0.5, 0.6) is 5.75 Å². The topological polar surface area (TPSA) is 122 Å². The third kappa shape index (κ3) is 6.63. The van der Waals surface area contributed by atoms with Gasteiger partial charge in [0.2, 0.25) is 5.13 Å². The third-order valence-electron chi connectivity index (χ3n) is 5.05. The molecular weight excluding hydrogens is 515 g/mol. The van der Waals surface area contributed by atoms with Crippen LogP contribution in [0.15, 0.2) is 83.3 Å². The van der Waals surface area contributed by atoms with Crippen molar-refractivity contribution in [3.63, 3.8) is 0 Å². The highest BCUT2D eigenvalue weighted by atomic mass is 32.2. The molecule has 1 amide bonds. The van der Waals surface area contributed by atoms with Crippen molar-refractivity contribution in [3.8, 4) is 11.8 Å². The van der Waals surface area contributed by atoms with Gasteiger partial charge in [0.25, 0.3) is 5.91 Å². The molecule has 0 aliphatic carbocycles. The number of para-hydroxylation sites is 1. The minimum Gasteiger partial charge on any atom is -0.378 e. The molecule has 0 unspecified atom stereocenters. The summed E-state index contributed by atoms with van der Waals surface area (Å²) in [6.07, 6.45) is 1.63. The molecule has 4 rings (SSSR count). The fourth-order valence-electron chi connectivity index (χ4n) is 3.17. The first kappa shape index (κ1) is 25.7. The van der Waals surface area contributed by atoms with Gasteiger partial charge in [0, 0.05) is 12.0 Å². The first-order chi connectivity index (χ1) is 17.7. The number of benzene rings is 3. The molecule has 3 aromatic carbocycles. The molecule has 0 bridgehead atoms. The molecule has 1 N–H and O–H groups in total. The molecule has 0 atom stereocenters. The van der Waals surface area contributed by atoms with Crippen LogP contribution in [0.2, 0.25) is 0 Å². The van der Waals surface area contributed by atoms with Crippen molar-refractivity contribution in [2.75, 3.05) is 5.32 Å². The SMILES string of the molecule is Cc1ccc(S(=O)(=O)Oc2ccccc2/C=C(\C#N)C(=O)Nc2nnc(Cc3ccc(F)cc3)s2)cc1. The van der Waals surface area contributed by atoms with Gasteiger partial charge in [0.15, 0.2) is 0 Å². The number of nitrogens with zero attached hydrogens (tertiary/aromatic N) is 3. The largest absolute Gasteiger partial charge is 0.378 e. The molecule has 1 heterocycles.